The number of aryl methyl sites for hydroxylation is 1. The van der Waals surface area contributed by atoms with Gasteiger partial charge in [-0.15, -0.1) is 11.3 Å². The van der Waals surface area contributed by atoms with Gasteiger partial charge in [0.2, 0.25) is 0 Å². The van der Waals surface area contributed by atoms with Crippen LogP contribution >= 0.6 is 23.1 Å². The van der Waals surface area contributed by atoms with Crippen molar-refractivity contribution in [3.8, 4) is 0 Å². The van der Waals surface area contributed by atoms with Gasteiger partial charge in [0, 0.05) is 12.0 Å². The van der Waals surface area contributed by atoms with E-state index < -0.39 is 0 Å². The quantitative estimate of drug-likeness (QED) is 0.496. The largest absolute Gasteiger partial charge is 0.460 e. The number of hydrogen-bond acceptors (Lipinski definition) is 7. The van der Waals surface area contributed by atoms with Crippen molar-refractivity contribution in [1.29, 1.82) is 0 Å². The molecule has 2 rings (SSSR count). The van der Waals surface area contributed by atoms with Gasteiger partial charge in [0.15, 0.2) is 5.16 Å². The van der Waals surface area contributed by atoms with Gasteiger partial charge in [0.25, 0.3) is 5.56 Å². The topological polar surface area (TPSA) is 81.3 Å². The van der Waals surface area contributed by atoms with Gasteiger partial charge in [-0.25, -0.2) is 4.98 Å². The molecule has 2 heterocycles. The monoisotopic (exact) mass is 328 g/mol. The summed E-state index contributed by atoms with van der Waals surface area (Å²) < 4.78 is 10.0. The molecule has 1 unspecified atom stereocenters. The zero-order valence-corrected chi connectivity index (χ0v) is 13.6. The fourth-order valence-corrected chi connectivity index (χ4v) is 3.34. The Kier molecular flexibility index (Phi) is 5.38. The Labute approximate surface area is 129 Å². The minimum Gasteiger partial charge on any atom is -0.460 e. The summed E-state index contributed by atoms with van der Waals surface area (Å²) in [5.74, 6) is -0.276. The molecule has 0 aliphatic heterocycles. The van der Waals surface area contributed by atoms with E-state index in [1.807, 2.05) is 6.92 Å². The molecular weight excluding hydrogens is 312 g/mol. The molecule has 2 aromatic heterocycles. The van der Waals surface area contributed by atoms with E-state index in [-0.39, 0.29) is 23.4 Å². The third-order valence-electron chi connectivity index (χ3n) is 2.56. The molecule has 0 fully saturated rings. The molecule has 0 amide bonds. The van der Waals surface area contributed by atoms with Crippen LogP contribution in [0, 0.1) is 6.92 Å². The molecule has 0 bridgehead atoms. The average Bonchev–Trinajstić information content (AvgIpc) is 2.78. The number of thiophene rings is 1. The molecule has 0 aliphatic carbocycles. The third-order valence-corrected chi connectivity index (χ3v) is 4.36. The van der Waals surface area contributed by atoms with Crippen molar-refractivity contribution in [1.82, 2.24) is 9.97 Å². The summed E-state index contributed by atoms with van der Waals surface area (Å²) in [6, 6.07) is 1.81. The number of nitrogens with one attached hydrogen (secondary N) is 1. The van der Waals surface area contributed by atoms with E-state index in [0.29, 0.717) is 22.0 Å². The predicted octanol–water partition coefficient (Wildman–Crippen LogP) is 1.96. The lowest BCUT2D eigenvalue weighted by Gasteiger charge is -2.11. The van der Waals surface area contributed by atoms with Crippen LogP contribution in [0.25, 0.3) is 10.2 Å². The molecule has 1 N–H and O–H groups in total. The second kappa shape index (κ2) is 7.06. The normalized spacial score (nSPS) is 12.5. The summed E-state index contributed by atoms with van der Waals surface area (Å²) in [4.78, 5) is 32.2. The lowest BCUT2D eigenvalue weighted by molar-refractivity contribution is -0.147. The van der Waals surface area contributed by atoms with Crippen molar-refractivity contribution >= 4 is 39.3 Å². The highest BCUT2D eigenvalue weighted by atomic mass is 32.2. The number of aromatic amines is 1. The van der Waals surface area contributed by atoms with E-state index in [0.717, 1.165) is 16.6 Å². The fraction of sp³-hybridized carbons (Fsp3) is 0.462. The first-order valence-electron chi connectivity index (χ1n) is 6.31. The molecular formula is C13H16N2O4S2. The number of ether oxygens (including phenoxy) is 2. The first kappa shape index (κ1) is 16.0. The number of methoxy groups -OCH3 is 1. The van der Waals surface area contributed by atoms with Gasteiger partial charge in [-0.2, -0.15) is 0 Å². The molecule has 0 saturated heterocycles. The van der Waals surface area contributed by atoms with Crippen molar-refractivity contribution in [2.24, 2.45) is 0 Å². The Morgan fingerprint density at radius 2 is 2.33 bits per heavy atom. The number of fused-ring (bicyclic) bond motifs is 1. The number of thioether (sulfide) groups is 1. The maximum Gasteiger partial charge on any atom is 0.316 e. The van der Waals surface area contributed by atoms with Crippen LogP contribution in [0.3, 0.4) is 0 Å². The molecule has 0 aromatic carbocycles. The maximum absolute atomic E-state index is 11.9. The first-order chi connectivity index (χ1) is 9.99. The summed E-state index contributed by atoms with van der Waals surface area (Å²) in [7, 11) is 1.55. The van der Waals surface area contributed by atoms with E-state index in [1.165, 1.54) is 11.3 Å². The Morgan fingerprint density at radius 1 is 1.57 bits per heavy atom. The zero-order valence-electron chi connectivity index (χ0n) is 12.0. The molecule has 0 radical (unpaired) electrons. The molecule has 0 aliphatic rings. The van der Waals surface area contributed by atoms with Gasteiger partial charge in [0.1, 0.15) is 10.9 Å². The molecule has 6 nitrogen and oxygen atoms in total. The van der Waals surface area contributed by atoms with Crippen molar-refractivity contribution in [3.63, 3.8) is 0 Å². The molecule has 0 spiro atoms. The Bertz CT molecular complexity index is 695. The number of H-pyrrole nitrogens is 1. The number of rotatable bonds is 6. The smallest absolute Gasteiger partial charge is 0.316 e. The summed E-state index contributed by atoms with van der Waals surface area (Å²) >= 11 is 2.61. The minimum absolute atomic E-state index is 0.0901. The average molecular weight is 328 g/mol. The molecule has 0 saturated carbocycles. The summed E-state index contributed by atoms with van der Waals surface area (Å²) in [6.07, 6.45) is -0.294. The highest BCUT2D eigenvalue weighted by Crippen LogP contribution is 2.22. The number of nitrogens with zero attached hydrogens (tertiary/aromatic N) is 1. The van der Waals surface area contributed by atoms with Gasteiger partial charge in [-0.05, 0) is 19.9 Å². The molecule has 1 atom stereocenters. The van der Waals surface area contributed by atoms with Crippen LogP contribution in [0.1, 0.15) is 11.8 Å². The van der Waals surface area contributed by atoms with Crippen molar-refractivity contribution in [2.45, 2.75) is 25.1 Å². The SMILES string of the molecule is COCC(C)OC(=O)CSc1nc2sc(C)cc2c(=O)[nH]1. The van der Waals surface area contributed by atoms with Crippen LogP contribution in [0.2, 0.25) is 0 Å². The third kappa shape index (κ3) is 4.29. The zero-order chi connectivity index (χ0) is 15.4. The number of hydrogen-bond donors (Lipinski definition) is 1. The summed E-state index contributed by atoms with van der Waals surface area (Å²) in [5.41, 5.74) is -0.187. The molecule has 21 heavy (non-hydrogen) atoms. The Morgan fingerprint density at radius 3 is 3.05 bits per heavy atom. The highest BCUT2D eigenvalue weighted by molar-refractivity contribution is 7.99. The van der Waals surface area contributed by atoms with Crippen LogP contribution in [0.15, 0.2) is 16.0 Å². The molecule has 2 aromatic rings. The van der Waals surface area contributed by atoms with Gasteiger partial charge in [0.05, 0.1) is 17.7 Å². The summed E-state index contributed by atoms with van der Waals surface area (Å²) in [5, 5.41) is 1.00. The van der Waals surface area contributed by atoms with E-state index >= 15 is 0 Å². The number of aromatic nitrogens is 2. The van der Waals surface area contributed by atoms with Crippen molar-refractivity contribution in [3.05, 3.63) is 21.3 Å². The molecule has 114 valence electrons. The van der Waals surface area contributed by atoms with Gasteiger partial charge in [-0.3, -0.25) is 9.59 Å². The predicted molar refractivity (Wildman–Crippen MR) is 83.1 cm³/mol. The number of carbonyl (C=O) groups excluding carboxylic acids is 1. The second-order valence-corrected chi connectivity index (χ2v) is 6.69. The second-order valence-electron chi connectivity index (χ2n) is 4.49. The number of esters is 1. The first-order valence-corrected chi connectivity index (χ1v) is 8.11. The van der Waals surface area contributed by atoms with Gasteiger partial charge >= 0.3 is 5.97 Å². The lowest BCUT2D eigenvalue weighted by Crippen LogP contribution is -2.21. The standard InChI is InChI=1S/C13H16N2O4S2/c1-7(5-18-3)19-10(16)6-20-13-14-11(17)9-4-8(2)21-12(9)15-13/h4,7H,5-6H2,1-3H3,(H,14,15,17). The van der Waals surface area contributed by atoms with Crippen LogP contribution in [0.5, 0.6) is 0 Å². The Hall–Kier alpha value is -1.38. The van der Waals surface area contributed by atoms with E-state index in [2.05, 4.69) is 9.97 Å². The number of carbonyl (C=O) groups is 1. The van der Waals surface area contributed by atoms with Crippen LogP contribution < -0.4 is 5.56 Å². The van der Waals surface area contributed by atoms with E-state index in [1.54, 1.807) is 20.1 Å². The van der Waals surface area contributed by atoms with E-state index in [4.69, 9.17) is 9.47 Å². The lowest BCUT2D eigenvalue weighted by atomic mass is 10.4. The van der Waals surface area contributed by atoms with Crippen LogP contribution in [0.4, 0.5) is 0 Å². The van der Waals surface area contributed by atoms with Crippen LogP contribution in [-0.2, 0) is 14.3 Å². The fourth-order valence-electron chi connectivity index (χ4n) is 1.76. The minimum atomic E-state index is -0.366. The van der Waals surface area contributed by atoms with Crippen LogP contribution in [-0.4, -0.2) is 41.5 Å². The molecule has 8 heteroatoms. The van der Waals surface area contributed by atoms with Crippen molar-refractivity contribution < 1.29 is 14.3 Å². The van der Waals surface area contributed by atoms with E-state index in [9.17, 15) is 9.59 Å². The Balaban J connectivity index is 2.00. The van der Waals surface area contributed by atoms with Gasteiger partial charge < -0.3 is 14.5 Å². The summed E-state index contributed by atoms with van der Waals surface area (Å²) in [6.45, 7) is 4.03. The maximum atomic E-state index is 11.9. The highest BCUT2D eigenvalue weighted by Gasteiger charge is 2.12. The van der Waals surface area contributed by atoms with Gasteiger partial charge in [-0.1, -0.05) is 11.8 Å². The van der Waals surface area contributed by atoms with Crippen molar-refractivity contribution in [2.75, 3.05) is 19.5 Å².